The average molecular weight is 211 g/mol. The van der Waals surface area contributed by atoms with Gasteiger partial charge in [0, 0.05) is 6.54 Å². The lowest BCUT2D eigenvalue weighted by atomic mass is 10.3. The largest absolute Gasteiger partial charge is 0.502 e. The van der Waals surface area contributed by atoms with E-state index in [9.17, 15) is 0 Å². The molecule has 0 bridgehead atoms. The maximum absolute atomic E-state index is 5.04. The van der Waals surface area contributed by atoms with Crippen LogP contribution >= 0.6 is 0 Å². The van der Waals surface area contributed by atoms with E-state index in [1.54, 1.807) is 20.3 Å². The third-order valence-electron chi connectivity index (χ3n) is 1.96. The zero-order valence-electron chi connectivity index (χ0n) is 9.88. The number of rotatable bonds is 8. The maximum Gasteiger partial charge on any atom is 0.114 e. The normalized spacial score (nSPS) is 12.5. The molecule has 0 amide bonds. The summed E-state index contributed by atoms with van der Waals surface area (Å²) in [7, 11) is 3.31. The second kappa shape index (κ2) is 9.34. The third kappa shape index (κ3) is 7.82. The van der Waals surface area contributed by atoms with E-state index in [1.807, 2.05) is 19.1 Å². The number of methoxy groups -OCH3 is 2. The Kier molecular flexibility index (Phi) is 8.58. The molecule has 0 unspecified atom stereocenters. The zero-order chi connectivity index (χ0) is 11.5. The molecular formula is C12H21NO2. The molecule has 3 nitrogen and oxygen atoms in total. The molecule has 0 saturated carbocycles. The van der Waals surface area contributed by atoms with E-state index in [-0.39, 0.29) is 0 Å². The summed E-state index contributed by atoms with van der Waals surface area (Å²) in [4.78, 5) is 0. The SMILES string of the molecule is C=C/C(=C/CCNC/C=C(/C)OC)OC. The summed E-state index contributed by atoms with van der Waals surface area (Å²) in [6.45, 7) is 7.31. The highest BCUT2D eigenvalue weighted by Crippen LogP contribution is 1.97. The first-order chi connectivity index (χ1) is 7.24. The van der Waals surface area contributed by atoms with Crippen LogP contribution < -0.4 is 5.32 Å². The van der Waals surface area contributed by atoms with Gasteiger partial charge in [0.25, 0.3) is 0 Å². The fraction of sp³-hybridized carbons (Fsp3) is 0.500. The van der Waals surface area contributed by atoms with Crippen molar-refractivity contribution in [3.05, 3.63) is 36.3 Å². The fourth-order valence-electron chi connectivity index (χ4n) is 0.968. The first-order valence-corrected chi connectivity index (χ1v) is 5.02. The highest BCUT2D eigenvalue weighted by atomic mass is 16.5. The molecule has 0 aliphatic rings. The van der Waals surface area contributed by atoms with Crippen molar-refractivity contribution in [3.63, 3.8) is 0 Å². The Balaban J connectivity index is 3.55. The van der Waals surface area contributed by atoms with Crippen LogP contribution in [0.5, 0.6) is 0 Å². The zero-order valence-corrected chi connectivity index (χ0v) is 9.88. The van der Waals surface area contributed by atoms with Gasteiger partial charge in [-0.3, -0.25) is 0 Å². The van der Waals surface area contributed by atoms with Crippen LogP contribution in [0.15, 0.2) is 36.3 Å². The van der Waals surface area contributed by atoms with Crippen molar-refractivity contribution < 1.29 is 9.47 Å². The minimum atomic E-state index is 0.820. The van der Waals surface area contributed by atoms with Crippen molar-refractivity contribution >= 4 is 0 Å². The van der Waals surface area contributed by atoms with Crippen molar-refractivity contribution in [2.45, 2.75) is 13.3 Å². The van der Waals surface area contributed by atoms with Crippen LogP contribution in [0.1, 0.15) is 13.3 Å². The molecule has 86 valence electrons. The Labute approximate surface area is 92.5 Å². The van der Waals surface area contributed by atoms with Gasteiger partial charge in [0.05, 0.1) is 20.0 Å². The van der Waals surface area contributed by atoms with E-state index in [0.717, 1.165) is 31.0 Å². The van der Waals surface area contributed by atoms with Gasteiger partial charge in [-0.05, 0) is 38.1 Å². The molecule has 0 spiro atoms. The molecular weight excluding hydrogens is 190 g/mol. The summed E-state index contributed by atoms with van der Waals surface area (Å²) in [5.41, 5.74) is 0. The molecule has 0 aliphatic heterocycles. The smallest absolute Gasteiger partial charge is 0.114 e. The number of hydrogen-bond acceptors (Lipinski definition) is 3. The topological polar surface area (TPSA) is 30.5 Å². The Hall–Kier alpha value is -1.22. The van der Waals surface area contributed by atoms with Crippen LogP contribution in [0.25, 0.3) is 0 Å². The molecule has 0 saturated heterocycles. The van der Waals surface area contributed by atoms with Crippen LogP contribution in [0.3, 0.4) is 0 Å². The second-order valence-electron chi connectivity index (χ2n) is 3.03. The first kappa shape index (κ1) is 13.8. The molecule has 0 atom stereocenters. The minimum absolute atomic E-state index is 0.820. The molecule has 0 heterocycles. The lowest BCUT2D eigenvalue weighted by molar-refractivity contribution is 0.292. The van der Waals surface area contributed by atoms with Gasteiger partial charge in [-0.25, -0.2) is 0 Å². The van der Waals surface area contributed by atoms with Crippen molar-refractivity contribution in [1.29, 1.82) is 0 Å². The van der Waals surface area contributed by atoms with Crippen molar-refractivity contribution in [2.75, 3.05) is 27.3 Å². The van der Waals surface area contributed by atoms with Crippen molar-refractivity contribution in [2.24, 2.45) is 0 Å². The molecule has 0 fully saturated rings. The summed E-state index contributed by atoms with van der Waals surface area (Å²) in [5.74, 6) is 1.75. The summed E-state index contributed by atoms with van der Waals surface area (Å²) >= 11 is 0. The number of nitrogens with one attached hydrogen (secondary N) is 1. The molecule has 0 rings (SSSR count). The van der Waals surface area contributed by atoms with Gasteiger partial charge < -0.3 is 14.8 Å². The maximum atomic E-state index is 5.04. The standard InChI is InChI=1S/C12H21NO2/c1-5-12(15-4)7-6-9-13-10-8-11(2)14-3/h5,7-8,13H,1,6,9-10H2,2-4H3/b11-8-,12-7-. The second-order valence-corrected chi connectivity index (χ2v) is 3.03. The van der Waals surface area contributed by atoms with Crippen LogP contribution in [-0.2, 0) is 9.47 Å². The molecule has 0 aromatic carbocycles. The van der Waals surface area contributed by atoms with E-state index in [0.29, 0.717) is 0 Å². The first-order valence-electron chi connectivity index (χ1n) is 5.02. The van der Waals surface area contributed by atoms with Gasteiger partial charge in [0.1, 0.15) is 5.76 Å². The van der Waals surface area contributed by atoms with E-state index in [4.69, 9.17) is 9.47 Å². The van der Waals surface area contributed by atoms with Crippen molar-refractivity contribution in [3.8, 4) is 0 Å². The van der Waals surface area contributed by atoms with Gasteiger partial charge in [-0.2, -0.15) is 0 Å². The molecule has 0 aromatic rings. The van der Waals surface area contributed by atoms with Gasteiger partial charge in [-0.15, -0.1) is 0 Å². The van der Waals surface area contributed by atoms with Gasteiger partial charge in [0.2, 0.25) is 0 Å². The Bertz CT molecular complexity index is 232. The number of ether oxygens (including phenoxy) is 2. The van der Waals surface area contributed by atoms with Crippen molar-refractivity contribution in [1.82, 2.24) is 5.32 Å². The van der Waals surface area contributed by atoms with E-state index < -0.39 is 0 Å². The lowest BCUT2D eigenvalue weighted by Gasteiger charge is -2.02. The van der Waals surface area contributed by atoms with Gasteiger partial charge >= 0.3 is 0 Å². The monoisotopic (exact) mass is 211 g/mol. The summed E-state index contributed by atoms with van der Waals surface area (Å²) in [5, 5.41) is 3.26. The Morgan fingerprint density at radius 1 is 1.27 bits per heavy atom. The van der Waals surface area contributed by atoms with E-state index in [1.165, 1.54) is 0 Å². The molecule has 0 aromatic heterocycles. The molecule has 1 N–H and O–H groups in total. The predicted octanol–water partition coefficient (Wildman–Crippen LogP) is 2.23. The fourth-order valence-corrected chi connectivity index (χ4v) is 0.968. The minimum Gasteiger partial charge on any atom is -0.502 e. The highest BCUT2D eigenvalue weighted by molar-refractivity contribution is 5.08. The summed E-state index contributed by atoms with van der Waals surface area (Å²) in [6.07, 6.45) is 6.64. The van der Waals surface area contributed by atoms with Crippen LogP contribution in [0.4, 0.5) is 0 Å². The quantitative estimate of drug-likeness (QED) is 0.379. The summed E-state index contributed by atoms with van der Waals surface area (Å²) < 4.78 is 10.1. The predicted molar refractivity (Wildman–Crippen MR) is 63.5 cm³/mol. The Morgan fingerprint density at radius 3 is 2.53 bits per heavy atom. The van der Waals surface area contributed by atoms with E-state index >= 15 is 0 Å². The number of hydrogen-bond donors (Lipinski definition) is 1. The average Bonchev–Trinajstić information content (AvgIpc) is 2.28. The molecule has 0 aliphatic carbocycles. The third-order valence-corrected chi connectivity index (χ3v) is 1.96. The highest BCUT2D eigenvalue weighted by Gasteiger charge is 1.88. The van der Waals surface area contributed by atoms with Crippen LogP contribution in [0.2, 0.25) is 0 Å². The summed E-state index contributed by atoms with van der Waals surface area (Å²) in [6, 6.07) is 0. The molecule has 0 radical (unpaired) electrons. The van der Waals surface area contributed by atoms with Crippen LogP contribution in [0, 0.1) is 0 Å². The Morgan fingerprint density at radius 2 is 2.00 bits per heavy atom. The number of allylic oxidation sites excluding steroid dienone is 2. The van der Waals surface area contributed by atoms with Crippen LogP contribution in [-0.4, -0.2) is 27.3 Å². The van der Waals surface area contributed by atoms with E-state index in [2.05, 4.69) is 11.9 Å². The lowest BCUT2D eigenvalue weighted by Crippen LogP contribution is -2.14. The molecule has 3 heteroatoms. The van der Waals surface area contributed by atoms with Gasteiger partial charge in [-0.1, -0.05) is 6.58 Å². The molecule has 15 heavy (non-hydrogen) atoms. The van der Waals surface area contributed by atoms with Gasteiger partial charge in [0.15, 0.2) is 0 Å².